The number of piperidine rings is 3. The summed E-state index contributed by atoms with van der Waals surface area (Å²) in [6.07, 6.45) is 8.65. The van der Waals surface area contributed by atoms with E-state index in [1.807, 2.05) is 4.90 Å². The average molecular weight is 201 g/mol. The quantitative estimate of drug-likeness (QED) is 0.725. The van der Waals surface area contributed by atoms with Gasteiger partial charge in [-0.05, 0) is 25.2 Å². The number of nitrogens with one attached hydrogen (secondary N) is 1. The molecule has 0 radical (unpaired) electrons. The molecule has 2 nitrogen and oxygen atoms in total. The lowest BCUT2D eigenvalue weighted by Gasteiger charge is -2.35. The Hall–Kier alpha value is -0.0800. The normalized spacial score (nSPS) is 28.7. The molecule has 3 heterocycles. The molecular weight excluding hydrogens is 174 g/mol. The molecule has 0 aromatic rings. The molecule has 3 rings (SSSR count). The molecular formula is C12H27NO. The van der Waals surface area contributed by atoms with Crippen molar-refractivity contribution in [3.05, 3.63) is 0 Å². The maximum atomic E-state index is 2.21. The van der Waals surface area contributed by atoms with Crippen LogP contribution in [0.5, 0.6) is 0 Å². The zero-order valence-electron chi connectivity index (χ0n) is 9.89. The monoisotopic (exact) mass is 201 g/mol. The van der Waals surface area contributed by atoms with Crippen LogP contribution in [-0.4, -0.2) is 25.1 Å². The van der Waals surface area contributed by atoms with Crippen molar-refractivity contribution in [2.24, 2.45) is 5.92 Å². The van der Waals surface area contributed by atoms with Gasteiger partial charge >= 0.3 is 0 Å². The molecule has 0 aromatic carbocycles. The standard InChI is InChI=1S/C7H13N.C5H12.H2O/c1-4-8-5-2-7(1)3-6-8;1-3-5-4-2;/h7H,1-6H2;3-5H2,1-2H3;1H2. The largest absolute Gasteiger partial charge is 0.870 e. The van der Waals surface area contributed by atoms with E-state index in [9.17, 15) is 0 Å². The summed E-state index contributed by atoms with van der Waals surface area (Å²) < 4.78 is 0. The molecule has 3 aliphatic heterocycles. The summed E-state index contributed by atoms with van der Waals surface area (Å²) in [5.74, 6) is 1.13. The minimum absolute atomic E-state index is 0. The summed E-state index contributed by atoms with van der Waals surface area (Å²) in [5.41, 5.74) is 0. The van der Waals surface area contributed by atoms with Crippen LogP contribution in [0.3, 0.4) is 0 Å². The Morgan fingerprint density at radius 2 is 1.36 bits per heavy atom. The van der Waals surface area contributed by atoms with Gasteiger partial charge < -0.3 is 10.4 Å². The minimum atomic E-state index is 0. The lowest BCUT2D eigenvalue weighted by molar-refractivity contribution is -0.916. The van der Waals surface area contributed by atoms with Gasteiger partial charge in [-0.15, -0.1) is 0 Å². The molecule has 3 fully saturated rings. The Labute approximate surface area is 89.0 Å². The van der Waals surface area contributed by atoms with Crippen molar-refractivity contribution in [1.29, 1.82) is 0 Å². The zero-order chi connectivity index (χ0) is 9.52. The Morgan fingerprint density at radius 3 is 1.43 bits per heavy atom. The van der Waals surface area contributed by atoms with E-state index in [0.29, 0.717) is 0 Å². The molecule has 2 N–H and O–H groups in total. The van der Waals surface area contributed by atoms with E-state index in [0.717, 1.165) is 5.92 Å². The van der Waals surface area contributed by atoms with Crippen LogP contribution in [0, 0.1) is 5.92 Å². The van der Waals surface area contributed by atoms with Crippen LogP contribution in [0.4, 0.5) is 0 Å². The number of hydrogen-bond acceptors (Lipinski definition) is 1. The number of hydrogen-bond donors (Lipinski definition) is 1. The molecule has 0 aromatic heterocycles. The van der Waals surface area contributed by atoms with Gasteiger partial charge in [-0.25, -0.2) is 0 Å². The van der Waals surface area contributed by atoms with Gasteiger partial charge in [0.25, 0.3) is 0 Å². The van der Waals surface area contributed by atoms with Crippen LogP contribution in [0.1, 0.15) is 52.4 Å². The van der Waals surface area contributed by atoms with Gasteiger partial charge in [0, 0.05) is 0 Å². The third kappa shape index (κ3) is 4.97. The lowest BCUT2D eigenvalue weighted by Crippen LogP contribution is -3.14. The summed E-state index contributed by atoms with van der Waals surface area (Å²) >= 11 is 0. The summed E-state index contributed by atoms with van der Waals surface area (Å²) in [5, 5.41) is 0. The van der Waals surface area contributed by atoms with Crippen molar-refractivity contribution < 1.29 is 10.4 Å². The van der Waals surface area contributed by atoms with Crippen molar-refractivity contribution in [3.8, 4) is 0 Å². The Balaban J connectivity index is 0.000000253. The second kappa shape index (κ2) is 8.25. The van der Waals surface area contributed by atoms with Gasteiger partial charge in [-0.2, -0.15) is 0 Å². The summed E-state index contributed by atoms with van der Waals surface area (Å²) in [7, 11) is 0. The molecule has 3 aliphatic rings. The topological polar surface area (TPSA) is 34.4 Å². The second-order valence-electron chi connectivity index (χ2n) is 4.59. The maximum absolute atomic E-state index is 2.21. The molecule has 2 bridgehead atoms. The molecule has 0 unspecified atom stereocenters. The van der Waals surface area contributed by atoms with Crippen LogP contribution in [0.2, 0.25) is 0 Å². The third-order valence-electron chi connectivity index (χ3n) is 3.43. The summed E-state index contributed by atoms with van der Waals surface area (Å²) in [4.78, 5) is 1.87. The second-order valence-corrected chi connectivity index (χ2v) is 4.59. The Morgan fingerprint density at radius 1 is 0.929 bits per heavy atom. The zero-order valence-corrected chi connectivity index (χ0v) is 9.89. The van der Waals surface area contributed by atoms with Crippen molar-refractivity contribution in [3.63, 3.8) is 0 Å². The summed E-state index contributed by atoms with van der Waals surface area (Å²) in [6.45, 7) is 8.85. The lowest BCUT2D eigenvalue weighted by atomic mass is 9.89. The molecule has 0 aliphatic carbocycles. The van der Waals surface area contributed by atoms with E-state index in [4.69, 9.17) is 0 Å². The van der Waals surface area contributed by atoms with E-state index in [1.165, 1.54) is 58.2 Å². The fraction of sp³-hybridized carbons (Fsp3) is 1.00. The highest BCUT2D eigenvalue weighted by molar-refractivity contribution is 4.66. The Bertz CT molecular complexity index is 94.5. The number of quaternary nitrogens is 1. The SMILES string of the molecule is C1C[NH+]2CCC1CC2.CCCCC.[OH-]. The van der Waals surface area contributed by atoms with Gasteiger partial charge in [0.15, 0.2) is 0 Å². The number of fused-ring (bicyclic) bond motifs is 3. The van der Waals surface area contributed by atoms with Gasteiger partial charge in [0.05, 0.1) is 19.6 Å². The van der Waals surface area contributed by atoms with Gasteiger partial charge in [0.1, 0.15) is 0 Å². The predicted molar refractivity (Wildman–Crippen MR) is 60.0 cm³/mol. The first-order chi connectivity index (χ1) is 6.36. The third-order valence-corrected chi connectivity index (χ3v) is 3.43. The van der Waals surface area contributed by atoms with E-state index in [1.54, 1.807) is 0 Å². The van der Waals surface area contributed by atoms with Crippen molar-refractivity contribution in [1.82, 2.24) is 0 Å². The van der Waals surface area contributed by atoms with Gasteiger partial charge in [0.2, 0.25) is 0 Å². The smallest absolute Gasteiger partial charge is 0.0773 e. The van der Waals surface area contributed by atoms with Crippen molar-refractivity contribution in [2.45, 2.75) is 52.4 Å². The van der Waals surface area contributed by atoms with E-state index in [-0.39, 0.29) is 5.48 Å². The van der Waals surface area contributed by atoms with Crippen LogP contribution >= 0.6 is 0 Å². The average Bonchev–Trinajstić information content (AvgIpc) is 2.23. The molecule has 3 saturated heterocycles. The summed E-state index contributed by atoms with van der Waals surface area (Å²) in [6, 6.07) is 0. The van der Waals surface area contributed by atoms with Crippen LogP contribution in [0.25, 0.3) is 0 Å². The molecule has 0 atom stereocenters. The molecule has 0 amide bonds. The fourth-order valence-electron chi connectivity index (χ4n) is 2.39. The van der Waals surface area contributed by atoms with Crippen LogP contribution < -0.4 is 4.90 Å². The molecule has 86 valence electrons. The highest BCUT2D eigenvalue weighted by atomic mass is 16.0. The predicted octanol–water partition coefficient (Wildman–Crippen LogP) is 1.70. The maximum Gasteiger partial charge on any atom is 0.0773 e. The van der Waals surface area contributed by atoms with Crippen LogP contribution in [-0.2, 0) is 0 Å². The van der Waals surface area contributed by atoms with Gasteiger partial charge in [-0.1, -0.05) is 33.1 Å². The highest BCUT2D eigenvalue weighted by Crippen LogP contribution is 2.16. The highest BCUT2D eigenvalue weighted by Gasteiger charge is 2.27. The van der Waals surface area contributed by atoms with Gasteiger partial charge in [-0.3, -0.25) is 0 Å². The number of rotatable bonds is 2. The van der Waals surface area contributed by atoms with E-state index < -0.39 is 0 Å². The first-order valence-electron chi connectivity index (χ1n) is 6.20. The van der Waals surface area contributed by atoms with E-state index >= 15 is 0 Å². The van der Waals surface area contributed by atoms with Crippen LogP contribution in [0.15, 0.2) is 0 Å². The minimum Gasteiger partial charge on any atom is -0.870 e. The van der Waals surface area contributed by atoms with Crippen molar-refractivity contribution in [2.75, 3.05) is 19.6 Å². The molecule has 14 heavy (non-hydrogen) atoms. The molecule has 0 spiro atoms. The first-order valence-corrected chi connectivity index (χ1v) is 6.20. The Kier molecular flexibility index (Phi) is 8.20. The fourth-order valence-corrected chi connectivity index (χ4v) is 2.39. The van der Waals surface area contributed by atoms with Crippen molar-refractivity contribution >= 4 is 0 Å². The van der Waals surface area contributed by atoms with E-state index in [2.05, 4.69) is 13.8 Å². The molecule has 0 saturated carbocycles. The molecule has 2 heteroatoms. The number of unbranched alkanes of at least 4 members (excludes halogenated alkanes) is 2. The first kappa shape index (κ1) is 13.9.